The van der Waals surface area contributed by atoms with E-state index >= 15 is 0 Å². The number of carbonyl (C=O) groups excluding carboxylic acids is 2. The molecule has 2 aromatic carbocycles. The smallest absolute Gasteiger partial charge is 0.276 e. The van der Waals surface area contributed by atoms with Gasteiger partial charge in [-0.1, -0.05) is 36.8 Å². The molecule has 0 saturated heterocycles. The Morgan fingerprint density at radius 1 is 1.14 bits per heavy atom. The summed E-state index contributed by atoms with van der Waals surface area (Å²) in [7, 11) is 0. The number of carbonyl (C=O) groups is 2. The van der Waals surface area contributed by atoms with Crippen molar-refractivity contribution in [1.82, 2.24) is 19.7 Å². The molecule has 5 rings (SSSR count). The van der Waals surface area contributed by atoms with Gasteiger partial charge in [0.05, 0.1) is 13.1 Å². The summed E-state index contributed by atoms with van der Waals surface area (Å²) < 4.78 is 15.6. The number of hydrogen-bond donors (Lipinski definition) is 2. The minimum atomic E-state index is -0.388. The molecule has 0 spiro atoms. The van der Waals surface area contributed by atoms with E-state index in [1.54, 1.807) is 36.2 Å². The van der Waals surface area contributed by atoms with Crippen LogP contribution < -0.4 is 5.32 Å². The third kappa shape index (κ3) is 4.54. The molecule has 1 unspecified atom stereocenters. The van der Waals surface area contributed by atoms with Gasteiger partial charge in [0, 0.05) is 35.6 Å². The van der Waals surface area contributed by atoms with Crippen molar-refractivity contribution in [3.05, 3.63) is 106 Å². The first-order valence-corrected chi connectivity index (χ1v) is 12.0. The molecule has 184 valence electrons. The zero-order valence-electron chi connectivity index (χ0n) is 20.5. The van der Waals surface area contributed by atoms with Crippen LogP contribution in [0.15, 0.2) is 60.8 Å². The van der Waals surface area contributed by atoms with Crippen molar-refractivity contribution in [1.29, 1.82) is 0 Å². The van der Waals surface area contributed by atoms with Gasteiger partial charge in [-0.2, -0.15) is 5.10 Å². The van der Waals surface area contributed by atoms with E-state index in [1.807, 2.05) is 18.5 Å². The summed E-state index contributed by atoms with van der Waals surface area (Å²) in [5, 5.41) is 7.59. The Balaban J connectivity index is 1.51. The fraction of sp³-hybridized carbons (Fsp3) is 0.250. The number of aromatic amines is 1. The van der Waals surface area contributed by atoms with Crippen molar-refractivity contribution in [3.8, 4) is 0 Å². The lowest BCUT2D eigenvalue weighted by Crippen LogP contribution is -2.38. The molecule has 0 fully saturated rings. The summed E-state index contributed by atoms with van der Waals surface area (Å²) >= 11 is 0. The Kier molecular flexibility index (Phi) is 6.18. The van der Waals surface area contributed by atoms with Crippen molar-refractivity contribution in [2.24, 2.45) is 0 Å². The van der Waals surface area contributed by atoms with Crippen LogP contribution in [0.1, 0.15) is 61.8 Å². The quantitative estimate of drug-likeness (QED) is 0.416. The van der Waals surface area contributed by atoms with Crippen molar-refractivity contribution in [3.63, 3.8) is 0 Å². The predicted octanol–water partition coefficient (Wildman–Crippen LogP) is 5.03. The Morgan fingerprint density at radius 2 is 1.92 bits per heavy atom. The van der Waals surface area contributed by atoms with Crippen molar-refractivity contribution >= 4 is 17.5 Å². The van der Waals surface area contributed by atoms with E-state index in [2.05, 4.69) is 34.6 Å². The second-order valence-corrected chi connectivity index (χ2v) is 9.44. The number of nitrogens with zero attached hydrogens (tertiary/aromatic N) is 3. The van der Waals surface area contributed by atoms with Crippen LogP contribution in [0.4, 0.5) is 10.1 Å². The van der Waals surface area contributed by atoms with Crippen LogP contribution in [0.25, 0.3) is 0 Å². The number of anilines is 1. The van der Waals surface area contributed by atoms with Crippen LogP contribution in [0, 0.1) is 19.7 Å². The molecule has 4 aromatic rings. The van der Waals surface area contributed by atoms with Crippen LogP contribution in [-0.4, -0.2) is 38.0 Å². The van der Waals surface area contributed by atoms with E-state index in [0.29, 0.717) is 30.0 Å². The Morgan fingerprint density at radius 3 is 2.61 bits per heavy atom. The predicted molar refractivity (Wildman–Crippen MR) is 136 cm³/mol. The lowest BCUT2D eigenvalue weighted by Gasteiger charge is -2.32. The molecule has 3 heterocycles. The summed E-state index contributed by atoms with van der Waals surface area (Å²) in [6, 6.07) is 16.2. The zero-order chi connectivity index (χ0) is 25.4. The summed E-state index contributed by atoms with van der Waals surface area (Å²) in [4.78, 5) is 31.3. The number of H-pyrrole nitrogens is 1. The van der Waals surface area contributed by atoms with Crippen LogP contribution in [0.2, 0.25) is 0 Å². The topological polar surface area (TPSA) is 83.0 Å². The zero-order valence-corrected chi connectivity index (χ0v) is 20.5. The van der Waals surface area contributed by atoms with E-state index in [1.165, 1.54) is 17.7 Å². The monoisotopic (exact) mass is 485 g/mol. The molecule has 0 saturated carbocycles. The number of rotatable bonds is 5. The maximum absolute atomic E-state index is 13.7. The summed E-state index contributed by atoms with van der Waals surface area (Å²) in [6.45, 7) is 7.04. The third-order valence-corrected chi connectivity index (χ3v) is 6.60. The normalized spacial score (nSPS) is 15.0. The second-order valence-electron chi connectivity index (χ2n) is 9.44. The Labute approximate surface area is 208 Å². The van der Waals surface area contributed by atoms with Gasteiger partial charge in [-0.15, -0.1) is 0 Å². The van der Waals surface area contributed by atoms with Gasteiger partial charge in [0.15, 0.2) is 5.69 Å². The van der Waals surface area contributed by atoms with Gasteiger partial charge in [0.2, 0.25) is 0 Å². The molecule has 1 aliphatic heterocycles. The molecule has 36 heavy (non-hydrogen) atoms. The molecule has 8 heteroatoms. The van der Waals surface area contributed by atoms with E-state index in [4.69, 9.17) is 5.10 Å². The maximum Gasteiger partial charge on any atom is 0.276 e. The number of hydrogen-bond acceptors (Lipinski definition) is 3. The van der Waals surface area contributed by atoms with Crippen molar-refractivity contribution in [2.75, 3.05) is 11.9 Å². The van der Waals surface area contributed by atoms with Crippen LogP contribution in [-0.2, 0) is 13.1 Å². The van der Waals surface area contributed by atoms with Crippen LogP contribution >= 0.6 is 0 Å². The molecule has 1 aliphatic rings. The Bertz CT molecular complexity index is 1420. The molecule has 0 radical (unpaired) electrons. The lowest BCUT2D eigenvalue weighted by atomic mass is 9.95. The number of aryl methyl sites for hydroxylation is 2. The van der Waals surface area contributed by atoms with Crippen LogP contribution in [0.5, 0.6) is 0 Å². The van der Waals surface area contributed by atoms with E-state index in [0.717, 1.165) is 16.8 Å². The highest BCUT2D eigenvalue weighted by atomic mass is 19.1. The number of aromatic nitrogens is 3. The number of nitrogens with one attached hydrogen (secondary N) is 2. The van der Waals surface area contributed by atoms with Crippen molar-refractivity contribution in [2.45, 2.75) is 39.8 Å². The molecule has 7 nitrogen and oxygen atoms in total. The first-order chi connectivity index (χ1) is 17.3. The standard InChI is InChI=1S/C28H28FN5O2/c1-17-6-8-20(9-7-17)15-34-26-19(3)14-33(28(36)24-5-4-12-30-24)16-22(26)25(32-34)27(35)31-21-10-11-23(29)18(2)13-21/h4-13,19,30H,14-16H2,1-3H3,(H,31,35). The highest BCUT2D eigenvalue weighted by Gasteiger charge is 2.34. The fourth-order valence-electron chi connectivity index (χ4n) is 4.76. The molecule has 0 aliphatic carbocycles. The number of amides is 2. The summed E-state index contributed by atoms with van der Waals surface area (Å²) in [5.41, 5.74) is 5.64. The lowest BCUT2D eigenvalue weighted by molar-refractivity contribution is 0.0711. The maximum atomic E-state index is 13.7. The molecular formula is C28H28FN5O2. The second kappa shape index (κ2) is 9.45. The highest BCUT2D eigenvalue weighted by molar-refractivity contribution is 6.04. The molecule has 2 amide bonds. The first-order valence-electron chi connectivity index (χ1n) is 12.0. The molecule has 2 aromatic heterocycles. The van der Waals surface area contributed by atoms with Gasteiger partial charge in [-0.25, -0.2) is 4.39 Å². The number of fused-ring (bicyclic) bond motifs is 1. The molecular weight excluding hydrogens is 457 g/mol. The van der Waals surface area contributed by atoms with Gasteiger partial charge >= 0.3 is 0 Å². The first kappa shape index (κ1) is 23.5. The highest BCUT2D eigenvalue weighted by Crippen LogP contribution is 2.32. The summed E-state index contributed by atoms with van der Waals surface area (Å²) in [6.07, 6.45) is 1.72. The summed E-state index contributed by atoms with van der Waals surface area (Å²) in [5.74, 6) is -0.870. The number of halogens is 1. The largest absolute Gasteiger partial charge is 0.357 e. The van der Waals surface area contributed by atoms with Gasteiger partial charge < -0.3 is 15.2 Å². The average molecular weight is 486 g/mol. The van der Waals surface area contributed by atoms with Gasteiger partial charge in [-0.3, -0.25) is 14.3 Å². The minimum Gasteiger partial charge on any atom is -0.357 e. The van der Waals surface area contributed by atoms with E-state index in [-0.39, 0.29) is 35.8 Å². The minimum absolute atomic E-state index is 0.0276. The fourth-order valence-corrected chi connectivity index (χ4v) is 4.76. The van der Waals surface area contributed by atoms with Gasteiger partial charge in [0.25, 0.3) is 11.8 Å². The SMILES string of the molecule is Cc1ccc(Cn2nc(C(=O)Nc3ccc(F)c(C)c3)c3c2C(C)CN(C(=O)c2ccc[nH]2)C3)cc1. The van der Waals surface area contributed by atoms with E-state index < -0.39 is 0 Å². The van der Waals surface area contributed by atoms with Crippen molar-refractivity contribution < 1.29 is 14.0 Å². The Hall–Kier alpha value is -4.20. The van der Waals surface area contributed by atoms with E-state index in [9.17, 15) is 14.0 Å². The van der Waals surface area contributed by atoms with Crippen LogP contribution in [0.3, 0.4) is 0 Å². The third-order valence-electron chi connectivity index (χ3n) is 6.60. The van der Waals surface area contributed by atoms with Gasteiger partial charge in [0.1, 0.15) is 11.5 Å². The molecule has 1 atom stereocenters. The average Bonchev–Trinajstić information content (AvgIpc) is 3.51. The van der Waals surface area contributed by atoms with Gasteiger partial charge in [-0.05, 0) is 55.3 Å². The number of benzene rings is 2. The molecule has 2 N–H and O–H groups in total. The molecule has 0 bridgehead atoms.